The first kappa shape index (κ1) is 7.86. The van der Waals surface area contributed by atoms with Gasteiger partial charge in [-0.25, -0.2) is 8.78 Å². The van der Waals surface area contributed by atoms with Crippen molar-refractivity contribution in [3.05, 3.63) is 23.0 Å². The molecule has 0 amide bonds. The zero-order chi connectivity index (χ0) is 8.77. The fourth-order valence-corrected chi connectivity index (χ4v) is 1.15. The molecule has 1 atom stereocenters. The maximum absolute atomic E-state index is 12.5. The standard InChI is InChI=1S/C7H5ClF2N2/c8-6-2-1-5(11-12-6)4-3-7(4,9)10/h1-2,4H,3H2. The molecular formula is C7H5ClF2N2. The van der Waals surface area contributed by atoms with Crippen LogP contribution >= 0.6 is 11.6 Å². The third-order valence-corrected chi connectivity index (χ3v) is 2.04. The summed E-state index contributed by atoms with van der Waals surface area (Å²) in [6.07, 6.45) is -0.122. The minimum absolute atomic E-state index is 0.122. The van der Waals surface area contributed by atoms with Crippen LogP contribution in [-0.4, -0.2) is 16.1 Å². The molecule has 1 aromatic rings. The van der Waals surface area contributed by atoms with Crippen LogP contribution in [0.15, 0.2) is 12.1 Å². The van der Waals surface area contributed by atoms with Gasteiger partial charge in [0.25, 0.3) is 5.92 Å². The van der Waals surface area contributed by atoms with Crippen LogP contribution in [0.25, 0.3) is 0 Å². The summed E-state index contributed by atoms with van der Waals surface area (Å²) < 4.78 is 25.0. The number of hydrogen-bond donors (Lipinski definition) is 0. The van der Waals surface area contributed by atoms with Crippen molar-refractivity contribution < 1.29 is 8.78 Å². The summed E-state index contributed by atoms with van der Waals surface area (Å²) in [4.78, 5) is 0. The van der Waals surface area contributed by atoms with Gasteiger partial charge < -0.3 is 0 Å². The lowest BCUT2D eigenvalue weighted by Gasteiger charge is -1.95. The molecule has 2 rings (SSSR count). The topological polar surface area (TPSA) is 25.8 Å². The lowest BCUT2D eigenvalue weighted by molar-refractivity contribution is 0.111. The number of halogens is 3. The average molecular weight is 191 g/mol. The predicted octanol–water partition coefficient (Wildman–Crippen LogP) is 2.25. The monoisotopic (exact) mass is 190 g/mol. The average Bonchev–Trinajstić information content (AvgIpc) is 2.61. The fraction of sp³-hybridized carbons (Fsp3) is 0.429. The van der Waals surface area contributed by atoms with Crippen molar-refractivity contribution in [3.8, 4) is 0 Å². The van der Waals surface area contributed by atoms with Crippen molar-refractivity contribution in [2.24, 2.45) is 0 Å². The van der Waals surface area contributed by atoms with Gasteiger partial charge in [-0.2, -0.15) is 5.10 Å². The molecule has 0 saturated heterocycles. The molecule has 0 spiro atoms. The molecule has 0 radical (unpaired) electrons. The van der Waals surface area contributed by atoms with Gasteiger partial charge in [-0.15, -0.1) is 5.10 Å². The molecule has 1 unspecified atom stereocenters. The Morgan fingerprint density at radius 2 is 2.08 bits per heavy atom. The Labute approximate surface area is 72.6 Å². The lowest BCUT2D eigenvalue weighted by Crippen LogP contribution is -1.96. The summed E-state index contributed by atoms with van der Waals surface area (Å²) in [5.74, 6) is -3.33. The maximum Gasteiger partial charge on any atom is 0.257 e. The zero-order valence-electron chi connectivity index (χ0n) is 5.97. The molecule has 5 heteroatoms. The van der Waals surface area contributed by atoms with Crippen LogP contribution < -0.4 is 0 Å². The van der Waals surface area contributed by atoms with E-state index in [1.807, 2.05) is 0 Å². The molecule has 64 valence electrons. The highest BCUT2D eigenvalue weighted by molar-refractivity contribution is 6.29. The Bertz CT molecular complexity index is 299. The Morgan fingerprint density at radius 3 is 2.50 bits per heavy atom. The summed E-state index contributed by atoms with van der Waals surface area (Å²) >= 11 is 5.45. The minimum Gasteiger partial charge on any atom is -0.206 e. The number of rotatable bonds is 1. The van der Waals surface area contributed by atoms with Crippen LogP contribution in [0.2, 0.25) is 5.15 Å². The molecule has 0 aromatic carbocycles. The smallest absolute Gasteiger partial charge is 0.206 e. The second-order valence-corrected chi connectivity index (χ2v) is 3.19. The van der Waals surface area contributed by atoms with Gasteiger partial charge in [0.15, 0.2) is 5.15 Å². The van der Waals surface area contributed by atoms with Crippen LogP contribution in [0, 0.1) is 0 Å². The van der Waals surface area contributed by atoms with E-state index in [1.54, 1.807) is 0 Å². The number of alkyl halides is 2. The van der Waals surface area contributed by atoms with Crippen molar-refractivity contribution in [2.75, 3.05) is 0 Å². The molecule has 1 heterocycles. The molecule has 2 nitrogen and oxygen atoms in total. The van der Waals surface area contributed by atoms with Crippen LogP contribution in [0.1, 0.15) is 18.0 Å². The lowest BCUT2D eigenvalue weighted by atomic mass is 10.3. The highest BCUT2D eigenvalue weighted by Gasteiger charge is 2.58. The van der Waals surface area contributed by atoms with Crippen LogP contribution in [-0.2, 0) is 0 Å². The Hall–Kier alpha value is -0.770. The number of aromatic nitrogens is 2. The van der Waals surface area contributed by atoms with Gasteiger partial charge in [-0.3, -0.25) is 0 Å². The summed E-state index contributed by atoms with van der Waals surface area (Å²) in [5, 5.41) is 7.29. The maximum atomic E-state index is 12.5. The summed E-state index contributed by atoms with van der Waals surface area (Å²) in [6, 6.07) is 2.96. The van der Waals surface area contributed by atoms with Crippen LogP contribution in [0.4, 0.5) is 8.78 Å². The number of hydrogen-bond acceptors (Lipinski definition) is 2. The Balaban J connectivity index is 2.21. The highest BCUT2D eigenvalue weighted by Crippen LogP contribution is 2.54. The second kappa shape index (κ2) is 2.36. The van der Waals surface area contributed by atoms with Crippen LogP contribution in [0.3, 0.4) is 0 Å². The first-order chi connectivity index (χ1) is 5.59. The molecule has 0 N–H and O–H groups in total. The summed E-state index contributed by atoms with van der Waals surface area (Å²) in [6.45, 7) is 0. The van der Waals surface area contributed by atoms with E-state index in [9.17, 15) is 8.78 Å². The van der Waals surface area contributed by atoms with E-state index in [0.717, 1.165) is 0 Å². The summed E-state index contributed by atoms with van der Waals surface area (Å²) in [7, 11) is 0. The van der Waals surface area contributed by atoms with Gasteiger partial charge in [0.05, 0.1) is 11.6 Å². The second-order valence-electron chi connectivity index (χ2n) is 2.80. The fourth-order valence-electron chi connectivity index (χ4n) is 1.05. The van der Waals surface area contributed by atoms with E-state index in [0.29, 0.717) is 5.69 Å². The van der Waals surface area contributed by atoms with Gasteiger partial charge in [-0.05, 0) is 12.1 Å². The molecule has 1 aromatic heterocycles. The quantitative estimate of drug-likeness (QED) is 0.679. The molecular weight excluding hydrogens is 186 g/mol. The molecule has 1 aliphatic carbocycles. The van der Waals surface area contributed by atoms with Gasteiger partial charge in [-0.1, -0.05) is 11.6 Å². The normalized spacial score (nSPS) is 25.4. The molecule has 1 fully saturated rings. The minimum atomic E-state index is -2.58. The van der Waals surface area contributed by atoms with Gasteiger partial charge >= 0.3 is 0 Å². The van der Waals surface area contributed by atoms with Gasteiger partial charge in [0.2, 0.25) is 0 Å². The zero-order valence-corrected chi connectivity index (χ0v) is 6.72. The van der Waals surface area contributed by atoms with E-state index >= 15 is 0 Å². The van der Waals surface area contributed by atoms with E-state index in [1.165, 1.54) is 12.1 Å². The Morgan fingerprint density at radius 1 is 1.42 bits per heavy atom. The van der Waals surface area contributed by atoms with Gasteiger partial charge in [0.1, 0.15) is 0 Å². The van der Waals surface area contributed by atoms with Crippen molar-refractivity contribution in [1.29, 1.82) is 0 Å². The van der Waals surface area contributed by atoms with Crippen molar-refractivity contribution >= 4 is 11.6 Å². The molecule has 0 bridgehead atoms. The first-order valence-electron chi connectivity index (χ1n) is 3.46. The van der Waals surface area contributed by atoms with Crippen molar-refractivity contribution in [2.45, 2.75) is 18.3 Å². The molecule has 1 aliphatic rings. The van der Waals surface area contributed by atoms with E-state index in [4.69, 9.17) is 11.6 Å². The third kappa shape index (κ3) is 1.27. The van der Waals surface area contributed by atoms with Crippen LogP contribution in [0.5, 0.6) is 0 Å². The van der Waals surface area contributed by atoms with E-state index in [2.05, 4.69) is 10.2 Å². The number of nitrogens with zero attached hydrogens (tertiary/aromatic N) is 2. The molecule has 0 aliphatic heterocycles. The predicted molar refractivity (Wildman–Crippen MR) is 39.3 cm³/mol. The summed E-state index contributed by atoms with van der Waals surface area (Å²) in [5.41, 5.74) is 0.324. The molecule has 1 saturated carbocycles. The van der Waals surface area contributed by atoms with E-state index in [-0.39, 0.29) is 11.6 Å². The van der Waals surface area contributed by atoms with Crippen molar-refractivity contribution in [1.82, 2.24) is 10.2 Å². The Kier molecular flexibility index (Phi) is 1.54. The highest BCUT2D eigenvalue weighted by atomic mass is 35.5. The third-order valence-electron chi connectivity index (χ3n) is 1.84. The SMILES string of the molecule is FC1(F)CC1c1ccc(Cl)nn1. The first-order valence-corrected chi connectivity index (χ1v) is 3.84. The van der Waals surface area contributed by atoms with Crippen molar-refractivity contribution in [3.63, 3.8) is 0 Å². The van der Waals surface area contributed by atoms with E-state index < -0.39 is 11.8 Å². The van der Waals surface area contributed by atoms with Gasteiger partial charge in [0, 0.05) is 6.42 Å². The largest absolute Gasteiger partial charge is 0.257 e. The molecule has 12 heavy (non-hydrogen) atoms.